The molecule has 14 heavy (non-hydrogen) atoms. The fourth-order valence-electron chi connectivity index (χ4n) is 1.10. The zero-order valence-electron chi connectivity index (χ0n) is 8.04. The molecular weight excluding hydrogens is 181 g/mol. The first kappa shape index (κ1) is 10.4. The number of halogens is 1. The SMILES string of the molecule is CC(C)C(=O)c1ccc(F)c(C#N)c1. The Bertz CT molecular complexity index is 404. The zero-order chi connectivity index (χ0) is 10.7. The van der Waals surface area contributed by atoms with Crippen LogP contribution in [0.15, 0.2) is 18.2 Å². The van der Waals surface area contributed by atoms with Gasteiger partial charge in [-0.25, -0.2) is 4.39 Å². The highest BCUT2D eigenvalue weighted by Gasteiger charge is 2.12. The predicted molar refractivity (Wildman–Crippen MR) is 50.3 cm³/mol. The van der Waals surface area contributed by atoms with E-state index in [2.05, 4.69) is 0 Å². The first-order valence-electron chi connectivity index (χ1n) is 4.30. The summed E-state index contributed by atoms with van der Waals surface area (Å²) < 4.78 is 12.9. The Hall–Kier alpha value is -1.69. The minimum atomic E-state index is -0.590. The van der Waals surface area contributed by atoms with Crippen LogP contribution in [0, 0.1) is 23.1 Å². The van der Waals surface area contributed by atoms with Gasteiger partial charge in [-0.05, 0) is 18.2 Å². The van der Waals surface area contributed by atoms with Crippen molar-refractivity contribution in [2.24, 2.45) is 5.92 Å². The smallest absolute Gasteiger partial charge is 0.165 e. The van der Waals surface area contributed by atoms with Crippen LogP contribution in [0.3, 0.4) is 0 Å². The standard InChI is InChI=1S/C11H10FNO/c1-7(2)11(14)8-3-4-10(12)9(5-8)6-13/h3-5,7H,1-2H3. The Balaban J connectivity index is 3.15. The van der Waals surface area contributed by atoms with E-state index < -0.39 is 5.82 Å². The molecule has 0 bridgehead atoms. The van der Waals surface area contributed by atoms with Crippen LogP contribution in [0.1, 0.15) is 29.8 Å². The highest BCUT2D eigenvalue weighted by molar-refractivity contribution is 5.97. The van der Waals surface area contributed by atoms with Crippen molar-refractivity contribution in [2.75, 3.05) is 0 Å². The van der Waals surface area contributed by atoms with E-state index in [1.54, 1.807) is 19.9 Å². The number of hydrogen-bond acceptors (Lipinski definition) is 2. The van der Waals surface area contributed by atoms with E-state index in [1.165, 1.54) is 12.1 Å². The Kier molecular flexibility index (Phi) is 2.98. The van der Waals surface area contributed by atoms with Crippen LogP contribution in [-0.4, -0.2) is 5.78 Å². The van der Waals surface area contributed by atoms with Crippen LogP contribution >= 0.6 is 0 Å². The Morgan fingerprint density at radius 2 is 2.14 bits per heavy atom. The molecule has 0 saturated heterocycles. The second kappa shape index (κ2) is 4.01. The van der Waals surface area contributed by atoms with Gasteiger partial charge < -0.3 is 0 Å². The van der Waals surface area contributed by atoms with E-state index in [9.17, 15) is 9.18 Å². The monoisotopic (exact) mass is 191 g/mol. The summed E-state index contributed by atoms with van der Waals surface area (Å²) in [5, 5.41) is 8.56. The van der Waals surface area contributed by atoms with Gasteiger partial charge in [0, 0.05) is 11.5 Å². The first-order valence-corrected chi connectivity index (χ1v) is 4.30. The second-order valence-corrected chi connectivity index (χ2v) is 3.33. The molecule has 0 aliphatic heterocycles. The molecule has 0 aliphatic rings. The topological polar surface area (TPSA) is 40.9 Å². The molecule has 0 aromatic heterocycles. The first-order chi connectivity index (χ1) is 6.56. The molecule has 0 N–H and O–H groups in total. The van der Waals surface area contributed by atoms with Crippen LogP contribution in [0.2, 0.25) is 0 Å². The van der Waals surface area contributed by atoms with Gasteiger partial charge in [-0.1, -0.05) is 13.8 Å². The van der Waals surface area contributed by atoms with Crippen molar-refractivity contribution in [2.45, 2.75) is 13.8 Å². The minimum absolute atomic E-state index is 0.0819. The van der Waals surface area contributed by atoms with Crippen LogP contribution in [0.4, 0.5) is 4.39 Å². The van der Waals surface area contributed by atoms with Gasteiger partial charge in [-0.2, -0.15) is 5.26 Å². The second-order valence-electron chi connectivity index (χ2n) is 3.33. The number of Topliss-reactive ketones (excluding diaryl/α,β-unsaturated/α-hetero) is 1. The van der Waals surface area contributed by atoms with Crippen molar-refractivity contribution >= 4 is 5.78 Å². The van der Waals surface area contributed by atoms with Gasteiger partial charge >= 0.3 is 0 Å². The van der Waals surface area contributed by atoms with Crippen molar-refractivity contribution in [3.8, 4) is 6.07 Å². The molecule has 1 aromatic carbocycles. The van der Waals surface area contributed by atoms with E-state index in [1.807, 2.05) is 0 Å². The summed E-state index contributed by atoms with van der Waals surface area (Å²) in [5.74, 6) is -0.818. The number of nitrogens with zero attached hydrogens (tertiary/aromatic N) is 1. The number of ketones is 1. The van der Waals surface area contributed by atoms with Crippen molar-refractivity contribution < 1.29 is 9.18 Å². The fraction of sp³-hybridized carbons (Fsp3) is 0.273. The van der Waals surface area contributed by atoms with E-state index in [0.29, 0.717) is 5.56 Å². The summed E-state index contributed by atoms with van der Waals surface area (Å²) in [4.78, 5) is 11.5. The summed E-state index contributed by atoms with van der Waals surface area (Å²) in [6.07, 6.45) is 0. The van der Waals surface area contributed by atoms with E-state index in [-0.39, 0.29) is 17.3 Å². The largest absolute Gasteiger partial charge is 0.294 e. The molecule has 1 rings (SSSR count). The van der Waals surface area contributed by atoms with Crippen LogP contribution in [0.5, 0.6) is 0 Å². The van der Waals surface area contributed by atoms with Crippen LogP contribution in [0.25, 0.3) is 0 Å². The maximum atomic E-state index is 12.9. The van der Waals surface area contributed by atoms with Crippen LogP contribution < -0.4 is 0 Å². The molecule has 0 spiro atoms. The highest BCUT2D eigenvalue weighted by atomic mass is 19.1. The molecule has 0 aliphatic carbocycles. The third kappa shape index (κ3) is 1.97. The Morgan fingerprint density at radius 1 is 1.50 bits per heavy atom. The fourth-order valence-corrected chi connectivity index (χ4v) is 1.10. The average Bonchev–Trinajstić information content (AvgIpc) is 2.17. The maximum Gasteiger partial charge on any atom is 0.165 e. The van der Waals surface area contributed by atoms with Gasteiger partial charge in [0.15, 0.2) is 5.78 Å². The molecule has 0 heterocycles. The number of rotatable bonds is 2. The Labute approximate surface area is 82.0 Å². The molecule has 0 fully saturated rings. The summed E-state index contributed by atoms with van der Waals surface area (Å²) >= 11 is 0. The lowest BCUT2D eigenvalue weighted by Gasteiger charge is -2.04. The van der Waals surface area contributed by atoms with Gasteiger partial charge in [0.1, 0.15) is 11.9 Å². The molecule has 0 amide bonds. The summed E-state index contributed by atoms with van der Waals surface area (Å²) in [7, 11) is 0. The summed E-state index contributed by atoms with van der Waals surface area (Å²) in [5.41, 5.74) is 0.300. The van der Waals surface area contributed by atoms with Crippen LogP contribution in [-0.2, 0) is 0 Å². The number of carbonyl (C=O) groups is 1. The summed E-state index contributed by atoms with van der Waals surface area (Å²) in [6, 6.07) is 5.54. The van der Waals surface area contributed by atoms with E-state index in [4.69, 9.17) is 5.26 Å². The van der Waals surface area contributed by atoms with Gasteiger partial charge in [0.2, 0.25) is 0 Å². The molecule has 0 saturated carbocycles. The zero-order valence-corrected chi connectivity index (χ0v) is 8.04. The van der Waals surface area contributed by atoms with Gasteiger partial charge in [-0.15, -0.1) is 0 Å². The number of hydrogen-bond donors (Lipinski definition) is 0. The highest BCUT2D eigenvalue weighted by Crippen LogP contribution is 2.13. The molecule has 1 aromatic rings. The molecule has 3 heteroatoms. The molecule has 2 nitrogen and oxygen atoms in total. The lowest BCUT2D eigenvalue weighted by molar-refractivity contribution is 0.0939. The van der Waals surface area contributed by atoms with Gasteiger partial charge in [0.05, 0.1) is 5.56 Å². The normalized spacial score (nSPS) is 9.93. The molecule has 72 valence electrons. The van der Waals surface area contributed by atoms with Gasteiger partial charge in [-0.3, -0.25) is 4.79 Å². The lowest BCUT2D eigenvalue weighted by atomic mass is 9.99. The summed E-state index contributed by atoms with van der Waals surface area (Å²) in [6.45, 7) is 3.52. The van der Waals surface area contributed by atoms with Crippen molar-refractivity contribution in [3.63, 3.8) is 0 Å². The third-order valence-electron chi connectivity index (χ3n) is 1.90. The van der Waals surface area contributed by atoms with E-state index in [0.717, 1.165) is 6.07 Å². The molecular formula is C11H10FNO. The van der Waals surface area contributed by atoms with Gasteiger partial charge in [0.25, 0.3) is 0 Å². The number of carbonyl (C=O) groups excluding carboxylic acids is 1. The molecule has 0 radical (unpaired) electrons. The Morgan fingerprint density at radius 3 is 2.64 bits per heavy atom. The third-order valence-corrected chi connectivity index (χ3v) is 1.90. The maximum absolute atomic E-state index is 12.9. The lowest BCUT2D eigenvalue weighted by Crippen LogP contribution is -2.07. The van der Waals surface area contributed by atoms with Crippen molar-refractivity contribution in [1.82, 2.24) is 0 Å². The molecule has 0 unspecified atom stereocenters. The average molecular weight is 191 g/mol. The molecule has 0 atom stereocenters. The van der Waals surface area contributed by atoms with Crippen molar-refractivity contribution in [3.05, 3.63) is 35.1 Å². The van der Waals surface area contributed by atoms with Crippen molar-refractivity contribution in [1.29, 1.82) is 5.26 Å². The number of nitriles is 1. The minimum Gasteiger partial charge on any atom is -0.294 e. The quantitative estimate of drug-likeness (QED) is 0.674. The van der Waals surface area contributed by atoms with E-state index >= 15 is 0 Å². The number of benzene rings is 1. The predicted octanol–water partition coefficient (Wildman–Crippen LogP) is 2.54.